The van der Waals surface area contributed by atoms with Crippen LogP contribution in [0.3, 0.4) is 0 Å². The van der Waals surface area contributed by atoms with Gasteiger partial charge < -0.3 is 4.98 Å². The zero-order valence-corrected chi connectivity index (χ0v) is 16.2. The number of nitrogens with zero attached hydrogens (tertiary/aromatic N) is 2. The molecular formula is C18H20FN3O2S2. The predicted molar refractivity (Wildman–Crippen MR) is 102 cm³/mol. The maximum Gasteiger partial charge on any atom is 0.243 e. The first kappa shape index (κ1) is 18.9. The average Bonchev–Trinajstić information content (AvgIpc) is 3.04. The first-order valence-electron chi connectivity index (χ1n) is 8.31. The lowest BCUT2D eigenvalue weighted by atomic mass is 10.3. The third kappa shape index (κ3) is 3.77. The van der Waals surface area contributed by atoms with Gasteiger partial charge in [-0.05, 0) is 30.3 Å². The Morgan fingerprint density at radius 3 is 2.58 bits per heavy atom. The molecule has 1 N–H and O–H groups in total. The summed E-state index contributed by atoms with van der Waals surface area (Å²) in [7, 11) is -3.51. The molecule has 0 bridgehead atoms. The molecule has 0 aliphatic heterocycles. The number of nitrogens with one attached hydrogen (secondary N) is 1. The number of sulfonamides is 1. The van der Waals surface area contributed by atoms with Gasteiger partial charge in [0.25, 0.3) is 0 Å². The Hall–Kier alpha value is -1.90. The highest BCUT2D eigenvalue weighted by Crippen LogP contribution is 2.26. The molecule has 0 aliphatic rings. The number of halogens is 1. The Bertz CT molecular complexity index is 1010. The highest BCUT2D eigenvalue weighted by Gasteiger charge is 2.22. The summed E-state index contributed by atoms with van der Waals surface area (Å²) in [6, 6.07) is 11.5. The molecule has 3 rings (SSSR count). The SMILES string of the molecule is CCN(CC)S(=O)(=O)c1ccc2nc(CSc3ccccc3F)[nH]c2c1. The van der Waals surface area contributed by atoms with Crippen LogP contribution in [0.1, 0.15) is 19.7 Å². The summed E-state index contributed by atoms with van der Waals surface area (Å²) in [5.41, 5.74) is 1.34. The highest BCUT2D eigenvalue weighted by molar-refractivity contribution is 7.98. The lowest BCUT2D eigenvalue weighted by Crippen LogP contribution is -2.30. The molecule has 0 unspecified atom stereocenters. The Labute approximate surface area is 156 Å². The highest BCUT2D eigenvalue weighted by atomic mass is 32.2. The van der Waals surface area contributed by atoms with E-state index in [1.54, 1.807) is 36.4 Å². The number of rotatable bonds is 7. The summed E-state index contributed by atoms with van der Waals surface area (Å²) in [6.45, 7) is 4.47. The van der Waals surface area contributed by atoms with Gasteiger partial charge in [-0.2, -0.15) is 4.31 Å². The number of imidazole rings is 1. The van der Waals surface area contributed by atoms with Crippen molar-refractivity contribution in [1.82, 2.24) is 14.3 Å². The minimum atomic E-state index is -3.51. The molecule has 3 aromatic rings. The molecule has 0 spiro atoms. The minimum absolute atomic E-state index is 0.241. The molecule has 26 heavy (non-hydrogen) atoms. The summed E-state index contributed by atoms with van der Waals surface area (Å²) in [5.74, 6) is 0.875. The zero-order chi connectivity index (χ0) is 18.7. The number of hydrogen-bond donors (Lipinski definition) is 1. The second-order valence-electron chi connectivity index (χ2n) is 5.67. The maximum absolute atomic E-state index is 13.7. The van der Waals surface area contributed by atoms with Crippen LogP contribution in [-0.2, 0) is 15.8 Å². The van der Waals surface area contributed by atoms with Gasteiger partial charge in [0.15, 0.2) is 0 Å². The molecule has 0 saturated carbocycles. The molecule has 5 nitrogen and oxygen atoms in total. The fourth-order valence-electron chi connectivity index (χ4n) is 2.69. The van der Waals surface area contributed by atoms with Crippen LogP contribution in [-0.4, -0.2) is 35.8 Å². The topological polar surface area (TPSA) is 66.1 Å². The molecular weight excluding hydrogens is 373 g/mol. The number of fused-ring (bicyclic) bond motifs is 1. The van der Waals surface area contributed by atoms with Crippen LogP contribution in [0.25, 0.3) is 11.0 Å². The first-order valence-corrected chi connectivity index (χ1v) is 10.7. The van der Waals surface area contributed by atoms with Crippen LogP contribution < -0.4 is 0 Å². The summed E-state index contributed by atoms with van der Waals surface area (Å²) >= 11 is 1.34. The summed E-state index contributed by atoms with van der Waals surface area (Å²) in [4.78, 5) is 8.39. The predicted octanol–water partition coefficient (Wildman–Crippen LogP) is 4.02. The van der Waals surface area contributed by atoms with Crippen molar-refractivity contribution in [2.45, 2.75) is 29.4 Å². The molecule has 1 aromatic heterocycles. The Kier molecular flexibility index (Phi) is 5.64. The number of aromatic amines is 1. The molecule has 0 amide bonds. The quantitative estimate of drug-likeness (QED) is 0.616. The molecule has 0 atom stereocenters. The third-order valence-electron chi connectivity index (χ3n) is 4.05. The van der Waals surface area contributed by atoms with Crippen LogP contribution >= 0.6 is 11.8 Å². The fourth-order valence-corrected chi connectivity index (χ4v) is 4.99. The van der Waals surface area contributed by atoms with E-state index in [4.69, 9.17) is 0 Å². The number of thioether (sulfide) groups is 1. The maximum atomic E-state index is 13.7. The van der Waals surface area contributed by atoms with Gasteiger partial charge in [0.2, 0.25) is 10.0 Å². The van der Waals surface area contributed by atoms with Crippen LogP contribution in [0.15, 0.2) is 52.3 Å². The van der Waals surface area contributed by atoms with Crippen LogP contribution in [0, 0.1) is 5.82 Å². The van der Waals surface area contributed by atoms with E-state index in [-0.39, 0.29) is 10.7 Å². The number of H-pyrrole nitrogens is 1. The van der Waals surface area contributed by atoms with E-state index in [2.05, 4.69) is 9.97 Å². The van der Waals surface area contributed by atoms with Crippen molar-refractivity contribution < 1.29 is 12.8 Å². The average molecular weight is 394 g/mol. The van der Waals surface area contributed by atoms with Gasteiger partial charge in [-0.3, -0.25) is 0 Å². The normalized spacial score (nSPS) is 12.2. The second-order valence-corrected chi connectivity index (χ2v) is 8.63. The van der Waals surface area contributed by atoms with Crippen molar-refractivity contribution >= 4 is 32.8 Å². The van der Waals surface area contributed by atoms with Gasteiger partial charge in [0.05, 0.1) is 21.7 Å². The van der Waals surface area contributed by atoms with Crippen molar-refractivity contribution in [3.63, 3.8) is 0 Å². The van der Waals surface area contributed by atoms with Crippen molar-refractivity contribution in [1.29, 1.82) is 0 Å². The molecule has 0 fully saturated rings. The van der Waals surface area contributed by atoms with E-state index >= 15 is 0 Å². The van der Waals surface area contributed by atoms with Crippen molar-refractivity contribution in [3.05, 3.63) is 54.1 Å². The molecule has 2 aromatic carbocycles. The lowest BCUT2D eigenvalue weighted by Gasteiger charge is -2.18. The zero-order valence-electron chi connectivity index (χ0n) is 14.6. The van der Waals surface area contributed by atoms with Gasteiger partial charge in [-0.15, -0.1) is 11.8 Å². The van der Waals surface area contributed by atoms with E-state index in [1.165, 1.54) is 22.1 Å². The Morgan fingerprint density at radius 1 is 1.15 bits per heavy atom. The van der Waals surface area contributed by atoms with Crippen molar-refractivity contribution in [3.8, 4) is 0 Å². The van der Waals surface area contributed by atoms with Gasteiger partial charge in [0.1, 0.15) is 11.6 Å². The van der Waals surface area contributed by atoms with E-state index in [1.807, 2.05) is 13.8 Å². The van der Waals surface area contributed by atoms with Crippen LogP contribution in [0.5, 0.6) is 0 Å². The smallest absolute Gasteiger partial charge is 0.243 e. The monoisotopic (exact) mass is 393 g/mol. The summed E-state index contributed by atoms with van der Waals surface area (Å²) < 4.78 is 40.4. The number of benzene rings is 2. The summed E-state index contributed by atoms with van der Waals surface area (Å²) in [5, 5.41) is 0. The summed E-state index contributed by atoms with van der Waals surface area (Å²) in [6.07, 6.45) is 0. The first-order chi connectivity index (χ1) is 12.5. The Morgan fingerprint density at radius 2 is 1.88 bits per heavy atom. The van der Waals surface area contributed by atoms with Gasteiger partial charge in [0, 0.05) is 18.0 Å². The van der Waals surface area contributed by atoms with Crippen molar-refractivity contribution in [2.75, 3.05) is 13.1 Å². The standard InChI is InChI=1S/C18H20FN3O2S2/c1-3-22(4-2)26(23,24)13-9-10-15-16(11-13)21-18(20-15)12-25-17-8-6-5-7-14(17)19/h5-11H,3-4,12H2,1-2H3,(H,20,21). The molecule has 138 valence electrons. The van der Waals surface area contributed by atoms with E-state index < -0.39 is 10.0 Å². The number of hydrogen-bond acceptors (Lipinski definition) is 4. The van der Waals surface area contributed by atoms with Gasteiger partial charge in [-0.1, -0.05) is 26.0 Å². The van der Waals surface area contributed by atoms with Gasteiger partial charge in [-0.25, -0.2) is 17.8 Å². The fraction of sp³-hybridized carbons (Fsp3) is 0.278. The molecule has 8 heteroatoms. The largest absolute Gasteiger partial charge is 0.341 e. The second kappa shape index (κ2) is 7.77. The molecule has 0 aliphatic carbocycles. The Balaban J connectivity index is 1.85. The van der Waals surface area contributed by atoms with Gasteiger partial charge >= 0.3 is 0 Å². The van der Waals surface area contributed by atoms with E-state index in [9.17, 15) is 12.8 Å². The molecule has 1 heterocycles. The van der Waals surface area contributed by atoms with Crippen LogP contribution in [0.2, 0.25) is 0 Å². The number of aromatic nitrogens is 2. The van der Waals surface area contributed by atoms with E-state index in [0.717, 1.165) is 0 Å². The molecule has 0 saturated heterocycles. The third-order valence-corrected chi connectivity index (χ3v) is 7.15. The molecule has 0 radical (unpaired) electrons. The van der Waals surface area contributed by atoms with E-state index in [0.29, 0.717) is 40.6 Å². The minimum Gasteiger partial charge on any atom is -0.341 e. The van der Waals surface area contributed by atoms with Crippen LogP contribution in [0.4, 0.5) is 4.39 Å². The van der Waals surface area contributed by atoms with Crippen molar-refractivity contribution in [2.24, 2.45) is 0 Å². The lowest BCUT2D eigenvalue weighted by molar-refractivity contribution is 0.445.